The zero-order valence-electron chi connectivity index (χ0n) is 11.9. The van der Waals surface area contributed by atoms with Gasteiger partial charge in [-0.15, -0.1) is 0 Å². The SMILES string of the molecule is CCn1cc(N)cc1C(=O)NCC(C)N1CCCC1. The van der Waals surface area contributed by atoms with Gasteiger partial charge in [-0.05, 0) is 45.8 Å². The molecule has 2 rings (SSSR count). The quantitative estimate of drug-likeness (QED) is 0.842. The number of aromatic nitrogens is 1. The summed E-state index contributed by atoms with van der Waals surface area (Å²) in [6, 6.07) is 2.13. The second-order valence-electron chi connectivity index (χ2n) is 5.25. The van der Waals surface area contributed by atoms with Crippen LogP contribution in [0.1, 0.15) is 37.2 Å². The first kappa shape index (κ1) is 13.9. The Kier molecular flexibility index (Phi) is 4.47. The highest BCUT2D eigenvalue weighted by Crippen LogP contribution is 2.12. The van der Waals surface area contributed by atoms with E-state index < -0.39 is 0 Å². The molecule has 0 bridgehead atoms. The van der Waals surface area contributed by atoms with E-state index in [1.165, 1.54) is 12.8 Å². The third kappa shape index (κ3) is 3.29. The van der Waals surface area contributed by atoms with Gasteiger partial charge in [-0.25, -0.2) is 0 Å². The van der Waals surface area contributed by atoms with Crippen LogP contribution in [-0.4, -0.2) is 41.1 Å². The maximum atomic E-state index is 12.2. The van der Waals surface area contributed by atoms with Crippen molar-refractivity contribution in [2.24, 2.45) is 0 Å². The highest BCUT2D eigenvalue weighted by atomic mass is 16.1. The number of anilines is 1. The lowest BCUT2D eigenvalue weighted by atomic mass is 10.3. The summed E-state index contributed by atoms with van der Waals surface area (Å²) in [4.78, 5) is 14.6. The standard InChI is InChI=1S/C14H24N4O/c1-3-17-10-12(15)8-13(17)14(19)16-9-11(2)18-6-4-5-7-18/h8,10-11H,3-7,9,15H2,1-2H3,(H,16,19). The molecule has 106 valence electrons. The molecule has 0 aromatic carbocycles. The van der Waals surface area contributed by atoms with E-state index in [0.717, 1.165) is 19.6 Å². The van der Waals surface area contributed by atoms with Gasteiger partial charge in [-0.1, -0.05) is 0 Å². The highest BCUT2D eigenvalue weighted by Gasteiger charge is 2.19. The molecule has 1 aromatic heterocycles. The second-order valence-corrected chi connectivity index (χ2v) is 5.25. The molecule has 0 spiro atoms. The fourth-order valence-electron chi connectivity index (χ4n) is 2.63. The molecule has 3 N–H and O–H groups in total. The van der Waals surface area contributed by atoms with Gasteiger partial charge in [0.25, 0.3) is 5.91 Å². The number of nitrogens with one attached hydrogen (secondary N) is 1. The normalized spacial score (nSPS) is 17.6. The zero-order chi connectivity index (χ0) is 13.8. The van der Waals surface area contributed by atoms with Crippen LogP contribution in [0.25, 0.3) is 0 Å². The van der Waals surface area contributed by atoms with Crippen molar-refractivity contribution < 1.29 is 4.79 Å². The van der Waals surface area contributed by atoms with Gasteiger partial charge in [-0.2, -0.15) is 0 Å². The summed E-state index contributed by atoms with van der Waals surface area (Å²) in [6.45, 7) is 7.90. The summed E-state index contributed by atoms with van der Waals surface area (Å²) in [6.07, 6.45) is 4.35. The minimum atomic E-state index is -0.0374. The number of aryl methyl sites for hydroxylation is 1. The molecule has 1 aliphatic heterocycles. The number of nitrogen functional groups attached to an aromatic ring is 1. The number of carbonyl (C=O) groups is 1. The van der Waals surface area contributed by atoms with Crippen LogP contribution in [-0.2, 0) is 6.54 Å². The fraction of sp³-hybridized carbons (Fsp3) is 0.643. The molecule has 1 saturated heterocycles. The highest BCUT2D eigenvalue weighted by molar-refractivity contribution is 5.93. The molecular formula is C14H24N4O. The lowest BCUT2D eigenvalue weighted by molar-refractivity contribution is 0.0931. The average Bonchev–Trinajstić information content (AvgIpc) is 3.04. The molecule has 0 radical (unpaired) electrons. The Balaban J connectivity index is 1.89. The Morgan fingerprint density at radius 1 is 1.47 bits per heavy atom. The lowest BCUT2D eigenvalue weighted by Gasteiger charge is -2.23. The Hall–Kier alpha value is -1.49. The van der Waals surface area contributed by atoms with Crippen LogP contribution in [0.3, 0.4) is 0 Å². The first-order valence-corrected chi connectivity index (χ1v) is 7.09. The number of likely N-dealkylation sites (tertiary alicyclic amines) is 1. The van der Waals surface area contributed by atoms with Crippen LogP contribution in [0.4, 0.5) is 5.69 Å². The number of rotatable bonds is 5. The molecule has 0 aliphatic carbocycles. The molecule has 1 amide bonds. The smallest absolute Gasteiger partial charge is 0.268 e. The summed E-state index contributed by atoms with van der Waals surface area (Å²) in [5.41, 5.74) is 7.02. The van der Waals surface area contributed by atoms with Crippen molar-refractivity contribution in [2.45, 2.75) is 39.3 Å². The van der Waals surface area contributed by atoms with Crippen LogP contribution in [0.5, 0.6) is 0 Å². The van der Waals surface area contributed by atoms with E-state index >= 15 is 0 Å². The number of nitrogens with two attached hydrogens (primary N) is 1. The van der Waals surface area contributed by atoms with E-state index in [9.17, 15) is 4.79 Å². The van der Waals surface area contributed by atoms with E-state index in [1.807, 2.05) is 11.5 Å². The predicted molar refractivity (Wildman–Crippen MR) is 77.1 cm³/mol. The van der Waals surface area contributed by atoms with Crippen molar-refractivity contribution >= 4 is 11.6 Å². The summed E-state index contributed by atoms with van der Waals surface area (Å²) < 4.78 is 1.88. The summed E-state index contributed by atoms with van der Waals surface area (Å²) >= 11 is 0. The summed E-state index contributed by atoms with van der Waals surface area (Å²) in [5.74, 6) is -0.0374. The van der Waals surface area contributed by atoms with Gasteiger partial charge in [-0.3, -0.25) is 9.69 Å². The number of amides is 1. The Morgan fingerprint density at radius 3 is 2.79 bits per heavy atom. The monoisotopic (exact) mass is 264 g/mol. The maximum absolute atomic E-state index is 12.2. The summed E-state index contributed by atoms with van der Waals surface area (Å²) in [7, 11) is 0. The van der Waals surface area contributed by atoms with Gasteiger partial charge < -0.3 is 15.6 Å². The number of nitrogens with zero attached hydrogens (tertiary/aromatic N) is 2. The molecule has 1 atom stereocenters. The third-order valence-electron chi connectivity index (χ3n) is 3.81. The van der Waals surface area contributed by atoms with Crippen LogP contribution in [0.15, 0.2) is 12.3 Å². The fourth-order valence-corrected chi connectivity index (χ4v) is 2.63. The van der Waals surface area contributed by atoms with Crippen LogP contribution in [0, 0.1) is 0 Å². The molecule has 2 heterocycles. The van der Waals surface area contributed by atoms with Crippen molar-refractivity contribution in [1.82, 2.24) is 14.8 Å². The van der Waals surface area contributed by atoms with Gasteiger partial charge in [0.1, 0.15) is 5.69 Å². The first-order chi connectivity index (χ1) is 9.11. The largest absolute Gasteiger partial charge is 0.397 e. The van der Waals surface area contributed by atoms with Gasteiger partial charge >= 0.3 is 0 Å². The van der Waals surface area contributed by atoms with Crippen molar-refractivity contribution in [3.63, 3.8) is 0 Å². The first-order valence-electron chi connectivity index (χ1n) is 7.09. The van der Waals surface area contributed by atoms with E-state index in [2.05, 4.69) is 17.1 Å². The predicted octanol–water partition coefficient (Wildman–Crippen LogP) is 1.30. The number of hydrogen-bond acceptors (Lipinski definition) is 3. The second kappa shape index (κ2) is 6.10. The van der Waals surface area contributed by atoms with Crippen LogP contribution >= 0.6 is 0 Å². The van der Waals surface area contributed by atoms with Gasteiger partial charge in [0, 0.05) is 25.3 Å². The molecule has 1 aromatic rings. The molecule has 1 aliphatic rings. The molecule has 1 unspecified atom stereocenters. The van der Waals surface area contributed by atoms with E-state index in [4.69, 9.17) is 5.73 Å². The van der Waals surface area contributed by atoms with Crippen LogP contribution in [0.2, 0.25) is 0 Å². The molecular weight excluding hydrogens is 240 g/mol. The molecule has 19 heavy (non-hydrogen) atoms. The minimum Gasteiger partial charge on any atom is -0.397 e. The van der Waals surface area contributed by atoms with Gasteiger partial charge in [0.15, 0.2) is 0 Å². The Morgan fingerprint density at radius 2 is 2.16 bits per heavy atom. The number of hydrogen-bond donors (Lipinski definition) is 2. The average molecular weight is 264 g/mol. The third-order valence-corrected chi connectivity index (χ3v) is 3.81. The van der Waals surface area contributed by atoms with E-state index in [-0.39, 0.29) is 5.91 Å². The number of carbonyl (C=O) groups excluding carboxylic acids is 1. The maximum Gasteiger partial charge on any atom is 0.268 e. The van der Waals surface area contributed by atoms with Crippen LogP contribution < -0.4 is 11.1 Å². The van der Waals surface area contributed by atoms with E-state index in [1.54, 1.807) is 12.3 Å². The zero-order valence-corrected chi connectivity index (χ0v) is 11.9. The minimum absolute atomic E-state index is 0.0374. The van der Waals surface area contributed by atoms with Crippen molar-refractivity contribution in [2.75, 3.05) is 25.4 Å². The van der Waals surface area contributed by atoms with Gasteiger partial charge in [0.05, 0.1) is 5.69 Å². The lowest BCUT2D eigenvalue weighted by Crippen LogP contribution is -2.41. The molecule has 5 heteroatoms. The summed E-state index contributed by atoms with van der Waals surface area (Å²) in [5, 5.41) is 3.01. The molecule has 5 nitrogen and oxygen atoms in total. The van der Waals surface area contributed by atoms with Crippen molar-refractivity contribution in [3.8, 4) is 0 Å². The Bertz CT molecular complexity index is 435. The Labute approximate surface area is 114 Å². The van der Waals surface area contributed by atoms with E-state index in [0.29, 0.717) is 24.0 Å². The van der Waals surface area contributed by atoms with Crippen molar-refractivity contribution in [1.29, 1.82) is 0 Å². The van der Waals surface area contributed by atoms with Gasteiger partial charge in [0.2, 0.25) is 0 Å². The molecule has 1 fully saturated rings. The topological polar surface area (TPSA) is 63.3 Å². The molecule has 0 saturated carbocycles. The van der Waals surface area contributed by atoms with Crippen molar-refractivity contribution in [3.05, 3.63) is 18.0 Å².